The second-order valence-electron chi connectivity index (χ2n) is 23.4. The van der Waals surface area contributed by atoms with Gasteiger partial charge in [-0.1, -0.05) is 190 Å². The van der Waals surface area contributed by atoms with E-state index in [1.807, 2.05) is 136 Å². The number of hydrogen-bond acceptors (Lipinski definition) is 23. The van der Waals surface area contributed by atoms with Crippen LogP contribution >= 0.6 is 0 Å². The van der Waals surface area contributed by atoms with Gasteiger partial charge in [-0.3, -0.25) is 34.3 Å². The third kappa shape index (κ3) is 56.4. The summed E-state index contributed by atoms with van der Waals surface area (Å²) in [5.41, 5.74) is 5.08. The van der Waals surface area contributed by atoms with Gasteiger partial charge < -0.3 is 53.2 Å². The van der Waals surface area contributed by atoms with E-state index in [1.165, 1.54) is 135 Å². The lowest BCUT2D eigenvalue weighted by Crippen LogP contribution is -2.39. The first-order valence-corrected chi connectivity index (χ1v) is 49.7. The van der Waals surface area contributed by atoms with E-state index in [-0.39, 0.29) is 60.3 Å². The molecule has 0 saturated heterocycles. The number of hydrogen-bond donors (Lipinski definition) is 15. The Balaban J connectivity index is -0.000000359. The molecule has 17 amide bonds. The molecule has 7 rings (SSSR count). The fourth-order valence-corrected chi connectivity index (χ4v) is 13.7. The van der Waals surface area contributed by atoms with Crippen molar-refractivity contribution in [2.45, 2.75) is 195 Å². The molecule has 0 bridgehead atoms. The average Bonchev–Trinajstić information content (AvgIpc) is 0.802. The Bertz CT molecular complexity index is 4890. The first-order chi connectivity index (χ1) is 62.2. The van der Waals surface area contributed by atoms with Gasteiger partial charge in [-0.25, -0.2) is 99.0 Å². The number of imide groups is 1. The Hall–Kier alpha value is -12.7. The molecule has 0 saturated carbocycles. The van der Waals surface area contributed by atoms with Crippen LogP contribution in [0.1, 0.15) is 187 Å². The van der Waals surface area contributed by atoms with Gasteiger partial charge in [0.2, 0.25) is 17.7 Å². The van der Waals surface area contributed by atoms with Gasteiger partial charge in [-0.05, 0) is 140 Å². The normalized spacial score (nSPS) is 9.78. The number of sulfonamides is 5. The minimum Gasteiger partial charge on any atom is -0.356 e. The van der Waals surface area contributed by atoms with E-state index < -0.39 is 92.2 Å². The molecule has 0 aliphatic rings. The Morgan fingerprint density at radius 3 is 0.863 bits per heavy atom. The van der Waals surface area contributed by atoms with Crippen LogP contribution in [0.15, 0.2) is 195 Å². The fraction of sp³-hybridized carbons (Fsp3) is 0.414. The highest BCUT2D eigenvalue weighted by Crippen LogP contribution is 2.18. The Labute approximate surface area is 776 Å². The maximum atomic E-state index is 12.2. The van der Waals surface area contributed by atoms with Crippen LogP contribution in [0, 0.1) is 0 Å². The van der Waals surface area contributed by atoms with Crippen molar-refractivity contribution in [1.82, 2.24) is 91.6 Å². The SMILES string of the molecule is CC.CC.CC.CC.CC.CC.CC.CC.CCNC(=O)NS(=O)(=O)c1ccc(CCNC(C)=O)cc1.CNC(=O)N(C)S(=O)(=O)c1ccc(CCNC(C)=O)cc1.CNC(=O)NS(=O)(=O)c1ccc(CCNC(=O)NC(C)=O)cc1.CNC(=O)NS(=O)(=O)c1ccc(CCNC(=O)c2ccccc2)cc1.CNC(=O)NS(=O)(=O)c1ccc(CCNC(=O)c2cnccn2)cc1. The summed E-state index contributed by atoms with van der Waals surface area (Å²) >= 11 is 0. The number of nitrogens with one attached hydrogen (secondary N) is 15. The number of amides is 17. The standard InChI is InChI=1S/C17H19N3O4S.C15H17N5O4S.C13H18N4O5S.2C13H19N3O4S.8C2H6/c1-18-17(22)20-25(23,24)15-9-7-13(8-10-15)11-12-19-16(21)14-5-3-2-4-6-14;1-16-15(22)20-25(23,24)12-4-2-11(3-5-12)6-7-19-14(21)13-10-17-8-9-18-13;1-9(18)16-13(20)15-8-7-10-3-5-11(6-4-10)23(21,22)17-12(19)14-2;1-10(17)15-9-8-11-4-6-12(7-5-11)21(19,20)16(3)13(18)14-2;1-3-14-13(18)16-21(19,20)12-6-4-11(5-7-12)8-9-15-10(2)17;8*1-2/h2-10H,11-12H2,1H3,(H,19,21)(H2,18,20,22);2-5,8-10H,6-7H2,1H3,(H,19,21)(H2,16,20,22);3-6H,7-8H2,1-2H3,(H2,14,17,19)(H2,15,16,18,20);4-7H,8-9H2,1-3H3,(H,14,18)(H,15,17);4-7H,3,8-9H2,1-2H3,(H,15,17)(H2,14,16,18);8*1-2H3. The maximum Gasteiger partial charge on any atom is 0.330 e. The van der Waals surface area contributed by atoms with Crippen LogP contribution in [0.2, 0.25) is 0 Å². The number of nitrogens with zero attached hydrogens (tertiary/aromatic N) is 3. The molecule has 0 fully saturated rings. The summed E-state index contributed by atoms with van der Waals surface area (Å²) in [5, 5.41) is 26.5. The highest BCUT2D eigenvalue weighted by Gasteiger charge is 2.26. The molecule has 39 nitrogen and oxygen atoms in total. The summed E-state index contributed by atoms with van der Waals surface area (Å²) in [6, 6.07) is 34.7. The molecule has 44 heteroatoms. The molecule has 0 spiro atoms. The number of benzene rings is 6. The van der Waals surface area contributed by atoms with E-state index in [2.05, 4.69) is 68.5 Å². The van der Waals surface area contributed by atoms with Crippen molar-refractivity contribution in [3.05, 3.63) is 209 Å². The molecule has 1 aromatic heterocycles. The molecule has 0 atom stereocenters. The summed E-state index contributed by atoms with van der Waals surface area (Å²) in [7, 11) is -12.9. The zero-order chi connectivity index (χ0) is 102. The second kappa shape index (κ2) is 75.2. The number of carbonyl (C=O) groups is 11. The highest BCUT2D eigenvalue weighted by atomic mass is 32.2. The van der Waals surface area contributed by atoms with Crippen molar-refractivity contribution < 1.29 is 94.8 Å². The average molecular weight is 1930 g/mol. The van der Waals surface area contributed by atoms with Crippen molar-refractivity contribution >= 4 is 116 Å². The van der Waals surface area contributed by atoms with E-state index in [4.69, 9.17) is 0 Å². The van der Waals surface area contributed by atoms with Gasteiger partial charge in [0.15, 0.2) is 0 Å². The minimum absolute atomic E-state index is 0.00632. The fourth-order valence-electron chi connectivity index (χ4n) is 8.80. The van der Waals surface area contributed by atoms with Crippen LogP contribution in [0.3, 0.4) is 0 Å². The molecule has 734 valence electrons. The van der Waals surface area contributed by atoms with Gasteiger partial charge >= 0.3 is 36.2 Å². The molecule has 131 heavy (non-hydrogen) atoms. The molecule has 7 aromatic rings. The van der Waals surface area contributed by atoms with E-state index >= 15 is 0 Å². The zero-order valence-electron chi connectivity index (χ0n) is 79.9. The largest absolute Gasteiger partial charge is 0.356 e. The van der Waals surface area contributed by atoms with Gasteiger partial charge in [0.1, 0.15) is 5.69 Å². The molecule has 1 heterocycles. The highest BCUT2D eigenvalue weighted by molar-refractivity contribution is 7.91. The lowest BCUT2D eigenvalue weighted by atomic mass is 10.1. The van der Waals surface area contributed by atoms with Crippen molar-refractivity contribution in [2.75, 3.05) is 74.5 Å². The number of urea groups is 6. The molecule has 15 N–H and O–H groups in total. The monoisotopic (exact) mass is 1930 g/mol. The van der Waals surface area contributed by atoms with Gasteiger partial charge in [-0.2, -0.15) is 0 Å². The molecule has 0 aliphatic heterocycles. The summed E-state index contributed by atoms with van der Waals surface area (Å²) in [6.07, 6.45) is 7.00. The van der Waals surface area contributed by atoms with Crippen LogP contribution in [0.25, 0.3) is 0 Å². The van der Waals surface area contributed by atoms with Gasteiger partial charge in [-0.15, -0.1) is 0 Å². The predicted octanol–water partition coefficient (Wildman–Crippen LogP) is 9.94. The number of carbonyl (C=O) groups excluding carboxylic acids is 11. The van der Waals surface area contributed by atoms with Crippen molar-refractivity contribution in [1.29, 1.82) is 0 Å². The molecular formula is C87H140N18O21S5. The first kappa shape index (κ1) is 129. The summed E-state index contributed by atoms with van der Waals surface area (Å²) < 4.78 is 128. The first-order valence-electron chi connectivity index (χ1n) is 42.3. The minimum atomic E-state index is -3.92. The third-order valence-corrected chi connectivity index (χ3v) is 21.9. The van der Waals surface area contributed by atoms with Gasteiger partial charge in [0.25, 0.3) is 61.9 Å². The van der Waals surface area contributed by atoms with E-state index in [0.717, 1.165) is 27.8 Å². The van der Waals surface area contributed by atoms with Crippen LogP contribution in [-0.2, 0) is 96.6 Å². The number of aromatic nitrogens is 2. The maximum absolute atomic E-state index is 12.2. The summed E-state index contributed by atoms with van der Waals surface area (Å²) in [4.78, 5) is 131. The van der Waals surface area contributed by atoms with E-state index in [0.29, 0.717) is 74.7 Å². The second-order valence-corrected chi connectivity index (χ2v) is 32.1. The van der Waals surface area contributed by atoms with Crippen LogP contribution in [-0.4, -0.2) is 197 Å². The molecule has 0 radical (unpaired) electrons. The van der Waals surface area contributed by atoms with Crippen LogP contribution < -0.4 is 77.4 Å². The van der Waals surface area contributed by atoms with E-state index in [1.54, 1.807) is 91.9 Å². The smallest absolute Gasteiger partial charge is 0.330 e. The van der Waals surface area contributed by atoms with Crippen molar-refractivity contribution in [2.24, 2.45) is 0 Å². The Morgan fingerprint density at radius 1 is 0.313 bits per heavy atom. The zero-order valence-corrected chi connectivity index (χ0v) is 84.0. The third-order valence-electron chi connectivity index (χ3n) is 14.7. The quantitative estimate of drug-likeness (QED) is 0.0217. The summed E-state index contributed by atoms with van der Waals surface area (Å²) in [5.74, 6) is -1.17. The predicted molar refractivity (Wildman–Crippen MR) is 512 cm³/mol. The Kier molecular flexibility index (Phi) is 74.1. The summed E-state index contributed by atoms with van der Waals surface area (Å²) in [6.45, 7) is 40.2. The Morgan fingerprint density at radius 2 is 0.595 bits per heavy atom. The van der Waals surface area contributed by atoms with Gasteiger partial charge in [0.05, 0.1) is 30.7 Å². The molecular weight excluding hydrogens is 1790 g/mol. The van der Waals surface area contributed by atoms with E-state index in [9.17, 15) is 94.8 Å². The van der Waals surface area contributed by atoms with Crippen LogP contribution in [0.5, 0.6) is 0 Å². The number of rotatable bonds is 28. The molecule has 6 aromatic carbocycles. The van der Waals surface area contributed by atoms with Crippen molar-refractivity contribution in [3.63, 3.8) is 0 Å². The van der Waals surface area contributed by atoms with Gasteiger partial charge in [0, 0.05) is 113 Å². The lowest BCUT2D eigenvalue weighted by Gasteiger charge is -2.17. The van der Waals surface area contributed by atoms with Crippen molar-refractivity contribution in [3.8, 4) is 0 Å². The topological polar surface area (TPSA) is 568 Å². The molecule has 0 aliphatic carbocycles. The lowest BCUT2D eigenvalue weighted by molar-refractivity contribution is -0.119. The van der Waals surface area contributed by atoms with Crippen LogP contribution in [0.4, 0.5) is 28.8 Å². The molecule has 0 unspecified atom stereocenters.